The predicted molar refractivity (Wildman–Crippen MR) is 73.6 cm³/mol. The van der Waals surface area contributed by atoms with E-state index in [9.17, 15) is 4.79 Å². The average Bonchev–Trinajstić information content (AvgIpc) is 2.39. The Morgan fingerprint density at radius 1 is 1.33 bits per heavy atom. The summed E-state index contributed by atoms with van der Waals surface area (Å²) in [5.41, 5.74) is 2.59. The third kappa shape index (κ3) is 4.88. The molecule has 0 saturated heterocycles. The molecule has 1 unspecified atom stereocenters. The highest BCUT2D eigenvalue weighted by atomic mass is 16.3. The third-order valence-corrected chi connectivity index (χ3v) is 3.24. The maximum Gasteiger partial charge on any atom is 0.222 e. The molecule has 3 heteroatoms. The van der Waals surface area contributed by atoms with Crippen LogP contribution in [0.3, 0.4) is 0 Å². The molecule has 0 bridgehead atoms. The second-order valence-corrected chi connectivity index (χ2v) is 4.62. The Kier molecular flexibility index (Phi) is 6.44. The number of benzene rings is 1. The zero-order valence-electron chi connectivity index (χ0n) is 11.3. The molecule has 100 valence electrons. The lowest BCUT2D eigenvalue weighted by molar-refractivity contribution is -0.121. The van der Waals surface area contributed by atoms with E-state index in [1.807, 2.05) is 0 Å². The summed E-state index contributed by atoms with van der Waals surface area (Å²) in [7, 11) is 0. The van der Waals surface area contributed by atoms with Gasteiger partial charge in [0.05, 0.1) is 6.61 Å². The van der Waals surface area contributed by atoms with Gasteiger partial charge in [-0.3, -0.25) is 4.79 Å². The van der Waals surface area contributed by atoms with E-state index in [-0.39, 0.29) is 18.9 Å². The summed E-state index contributed by atoms with van der Waals surface area (Å²) in [4.78, 5) is 11.1. The van der Waals surface area contributed by atoms with E-state index in [1.165, 1.54) is 11.1 Å². The SMILES string of the molecule is CCC(C)c1ccc(CCNC(=O)CCO)cc1. The fraction of sp³-hybridized carbons (Fsp3) is 0.533. The smallest absolute Gasteiger partial charge is 0.222 e. The maximum atomic E-state index is 11.1. The monoisotopic (exact) mass is 249 g/mol. The quantitative estimate of drug-likeness (QED) is 0.778. The minimum absolute atomic E-state index is 0.0879. The summed E-state index contributed by atoms with van der Waals surface area (Å²) < 4.78 is 0. The number of amides is 1. The van der Waals surface area contributed by atoms with Crippen LogP contribution in [0.2, 0.25) is 0 Å². The van der Waals surface area contributed by atoms with E-state index in [1.54, 1.807) is 0 Å². The molecule has 0 saturated carbocycles. The van der Waals surface area contributed by atoms with Crippen molar-refractivity contribution in [1.82, 2.24) is 5.32 Å². The molecule has 1 rings (SSSR count). The first-order valence-electron chi connectivity index (χ1n) is 6.63. The molecule has 0 aliphatic rings. The Labute approximate surface area is 109 Å². The molecule has 1 aromatic rings. The molecular formula is C15H23NO2. The first-order chi connectivity index (χ1) is 8.67. The number of hydrogen-bond donors (Lipinski definition) is 2. The van der Waals surface area contributed by atoms with Gasteiger partial charge in [0.15, 0.2) is 0 Å². The number of nitrogens with one attached hydrogen (secondary N) is 1. The number of hydrogen-bond acceptors (Lipinski definition) is 2. The number of carbonyl (C=O) groups excluding carboxylic acids is 1. The van der Waals surface area contributed by atoms with Gasteiger partial charge in [-0.15, -0.1) is 0 Å². The van der Waals surface area contributed by atoms with Crippen molar-refractivity contribution in [3.8, 4) is 0 Å². The van der Waals surface area contributed by atoms with Gasteiger partial charge in [0.1, 0.15) is 0 Å². The van der Waals surface area contributed by atoms with Crippen LogP contribution in [-0.4, -0.2) is 24.2 Å². The van der Waals surface area contributed by atoms with E-state index >= 15 is 0 Å². The molecule has 1 aromatic carbocycles. The van der Waals surface area contributed by atoms with E-state index < -0.39 is 0 Å². The third-order valence-electron chi connectivity index (χ3n) is 3.24. The first-order valence-corrected chi connectivity index (χ1v) is 6.63. The molecule has 0 fully saturated rings. The Morgan fingerprint density at radius 3 is 2.56 bits per heavy atom. The maximum absolute atomic E-state index is 11.1. The molecule has 1 amide bonds. The molecule has 3 nitrogen and oxygen atoms in total. The minimum atomic E-state index is -0.0891. The Morgan fingerprint density at radius 2 is 2.00 bits per heavy atom. The van der Waals surface area contributed by atoms with Gasteiger partial charge in [-0.25, -0.2) is 0 Å². The number of rotatable bonds is 7. The highest BCUT2D eigenvalue weighted by Crippen LogP contribution is 2.18. The van der Waals surface area contributed by atoms with E-state index in [2.05, 4.69) is 43.4 Å². The lowest BCUT2D eigenvalue weighted by Gasteiger charge is -2.10. The molecule has 2 N–H and O–H groups in total. The van der Waals surface area contributed by atoms with Gasteiger partial charge in [-0.1, -0.05) is 38.1 Å². The van der Waals surface area contributed by atoms with Gasteiger partial charge in [0.2, 0.25) is 5.91 Å². The van der Waals surface area contributed by atoms with Crippen LogP contribution in [0.5, 0.6) is 0 Å². The Bertz CT molecular complexity index is 359. The zero-order valence-corrected chi connectivity index (χ0v) is 11.3. The average molecular weight is 249 g/mol. The normalized spacial score (nSPS) is 12.2. The van der Waals surface area contributed by atoms with Crippen LogP contribution in [0.1, 0.15) is 43.7 Å². The van der Waals surface area contributed by atoms with Crippen molar-refractivity contribution in [1.29, 1.82) is 0 Å². The molecule has 0 radical (unpaired) electrons. The minimum Gasteiger partial charge on any atom is -0.396 e. The fourth-order valence-corrected chi connectivity index (χ4v) is 1.78. The lowest BCUT2D eigenvalue weighted by atomic mass is 9.97. The van der Waals surface area contributed by atoms with Crippen molar-refractivity contribution in [2.24, 2.45) is 0 Å². The van der Waals surface area contributed by atoms with E-state index in [0.29, 0.717) is 12.5 Å². The number of carbonyl (C=O) groups is 1. The van der Waals surface area contributed by atoms with Crippen LogP contribution in [-0.2, 0) is 11.2 Å². The summed E-state index contributed by atoms with van der Waals surface area (Å²) in [5, 5.41) is 11.4. The summed E-state index contributed by atoms with van der Waals surface area (Å²) in [6.07, 6.45) is 2.17. The predicted octanol–water partition coefficient (Wildman–Crippen LogP) is 2.24. The van der Waals surface area contributed by atoms with Gasteiger partial charge in [0.25, 0.3) is 0 Å². The molecule has 18 heavy (non-hydrogen) atoms. The molecule has 0 aliphatic heterocycles. The van der Waals surface area contributed by atoms with Gasteiger partial charge < -0.3 is 10.4 Å². The summed E-state index contributed by atoms with van der Waals surface area (Å²) in [5.74, 6) is 0.511. The first kappa shape index (κ1) is 14.7. The van der Waals surface area contributed by atoms with Crippen molar-refractivity contribution in [2.45, 2.75) is 39.0 Å². The van der Waals surface area contributed by atoms with Crippen molar-refractivity contribution >= 4 is 5.91 Å². The van der Waals surface area contributed by atoms with Crippen LogP contribution < -0.4 is 5.32 Å². The molecule has 0 spiro atoms. The standard InChI is InChI=1S/C15H23NO2/c1-3-12(2)14-6-4-13(5-7-14)8-10-16-15(18)9-11-17/h4-7,12,17H,3,8-11H2,1-2H3,(H,16,18). The van der Waals surface area contributed by atoms with Gasteiger partial charge in [-0.2, -0.15) is 0 Å². The van der Waals surface area contributed by atoms with E-state index in [0.717, 1.165) is 12.8 Å². The molecule has 1 atom stereocenters. The highest BCUT2D eigenvalue weighted by Gasteiger charge is 2.03. The summed E-state index contributed by atoms with van der Waals surface area (Å²) in [6.45, 7) is 4.95. The van der Waals surface area contributed by atoms with E-state index in [4.69, 9.17) is 5.11 Å². The van der Waals surface area contributed by atoms with Gasteiger partial charge in [0, 0.05) is 13.0 Å². The van der Waals surface area contributed by atoms with Crippen LogP contribution in [0.15, 0.2) is 24.3 Å². The van der Waals surface area contributed by atoms with Crippen LogP contribution in [0.4, 0.5) is 0 Å². The van der Waals surface area contributed by atoms with Crippen molar-refractivity contribution in [3.05, 3.63) is 35.4 Å². The van der Waals surface area contributed by atoms with Crippen molar-refractivity contribution < 1.29 is 9.90 Å². The number of aliphatic hydroxyl groups excluding tert-OH is 1. The van der Waals surface area contributed by atoms with Gasteiger partial charge in [-0.05, 0) is 29.9 Å². The molecule has 0 aromatic heterocycles. The topological polar surface area (TPSA) is 49.3 Å². The largest absolute Gasteiger partial charge is 0.396 e. The summed E-state index contributed by atoms with van der Waals surface area (Å²) >= 11 is 0. The zero-order chi connectivity index (χ0) is 13.4. The lowest BCUT2D eigenvalue weighted by Crippen LogP contribution is -2.26. The van der Waals surface area contributed by atoms with Crippen LogP contribution >= 0.6 is 0 Å². The van der Waals surface area contributed by atoms with Crippen LogP contribution in [0.25, 0.3) is 0 Å². The highest BCUT2D eigenvalue weighted by molar-refractivity contribution is 5.75. The Hall–Kier alpha value is -1.35. The fourth-order valence-electron chi connectivity index (χ4n) is 1.78. The van der Waals surface area contributed by atoms with Crippen molar-refractivity contribution in [3.63, 3.8) is 0 Å². The number of aliphatic hydroxyl groups is 1. The summed E-state index contributed by atoms with van der Waals surface area (Å²) in [6, 6.07) is 8.58. The second kappa shape index (κ2) is 7.88. The van der Waals surface area contributed by atoms with Gasteiger partial charge >= 0.3 is 0 Å². The molecule has 0 heterocycles. The Balaban J connectivity index is 2.37. The molecule has 0 aliphatic carbocycles. The second-order valence-electron chi connectivity index (χ2n) is 4.62. The van der Waals surface area contributed by atoms with Crippen molar-refractivity contribution in [2.75, 3.05) is 13.2 Å². The molecular weight excluding hydrogens is 226 g/mol. The van der Waals surface area contributed by atoms with Crippen LogP contribution in [0, 0.1) is 0 Å².